The SMILES string of the molecule is CC(C)(O)C1C=CC2=C(C1)/C(=C/CCN1CCC(N)CC1)C1=CCCNC1CO2. The predicted octanol–water partition coefficient (Wildman–Crippen LogP) is 2.65. The Morgan fingerprint density at radius 2 is 2.14 bits per heavy atom. The highest BCUT2D eigenvalue weighted by atomic mass is 16.5. The number of ether oxygens (including phenoxy) is 1. The van der Waals surface area contributed by atoms with E-state index in [0.29, 0.717) is 12.6 Å². The topological polar surface area (TPSA) is 70.8 Å². The van der Waals surface area contributed by atoms with Crippen molar-refractivity contribution >= 4 is 0 Å². The summed E-state index contributed by atoms with van der Waals surface area (Å²) in [4.78, 5) is 2.54. The number of likely N-dealkylation sites (tertiary alicyclic amines) is 1. The van der Waals surface area contributed by atoms with Crippen molar-refractivity contribution in [1.29, 1.82) is 0 Å². The Morgan fingerprint density at radius 1 is 1.34 bits per heavy atom. The highest BCUT2D eigenvalue weighted by Gasteiger charge is 2.34. The fourth-order valence-corrected chi connectivity index (χ4v) is 4.90. The van der Waals surface area contributed by atoms with Crippen molar-refractivity contribution < 1.29 is 9.84 Å². The van der Waals surface area contributed by atoms with E-state index in [2.05, 4.69) is 34.5 Å². The van der Waals surface area contributed by atoms with Gasteiger partial charge in [-0.1, -0.05) is 18.2 Å². The van der Waals surface area contributed by atoms with Crippen LogP contribution in [0.4, 0.5) is 0 Å². The summed E-state index contributed by atoms with van der Waals surface area (Å²) < 4.78 is 6.22. The van der Waals surface area contributed by atoms with Crippen LogP contribution >= 0.6 is 0 Å². The van der Waals surface area contributed by atoms with Gasteiger partial charge in [-0.2, -0.15) is 0 Å². The third-order valence-corrected chi connectivity index (χ3v) is 6.85. The molecule has 3 aliphatic heterocycles. The molecule has 3 heterocycles. The first-order valence-electron chi connectivity index (χ1n) is 11.3. The molecule has 0 aromatic carbocycles. The Kier molecular flexibility index (Phi) is 6.30. The number of hydrogen-bond donors (Lipinski definition) is 3. The highest BCUT2D eigenvalue weighted by molar-refractivity contribution is 5.55. The summed E-state index contributed by atoms with van der Waals surface area (Å²) in [6, 6.07) is 0.630. The molecule has 0 bridgehead atoms. The molecule has 160 valence electrons. The molecule has 0 aromatic heterocycles. The molecule has 5 nitrogen and oxygen atoms in total. The minimum Gasteiger partial charge on any atom is -0.491 e. The van der Waals surface area contributed by atoms with Crippen molar-refractivity contribution in [3.05, 3.63) is 46.8 Å². The van der Waals surface area contributed by atoms with Crippen LogP contribution in [0.1, 0.15) is 46.0 Å². The zero-order valence-corrected chi connectivity index (χ0v) is 18.0. The molecular formula is C24H37N3O2. The number of allylic oxidation sites excluding steroid dienone is 2. The zero-order valence-electron chi connectivity index (χ0n) is 18.0. The molecule has 5 heteroatoms. The lowest BCUT2D eigenvalue weighted by Gasteiger charge is -2.32. The Bertz CT molecular complexity index is 721. The summed E-state index contributed by atoms with van der Waals surface area (Å²) in [7, 11) is 0. The van der Waals surface area contributed by atoms with Gasteiger partial charge in [-0.05, 0) is 82.8 Å². The average molecular weight is 400 g/mol. The number of aliphatic hydroxyl groups is 1. The standard InChI is InChI=1S/C24H37N3O2/c1-24(2,28)17-7-8-23-21(15-17)19(20-5-3-11-26-22(20)16-29-23)6-4-12-27-13-9-18(25)10-14-27/h5-8,17-18,22,26,28H,3-4,9-16,25H2,1-2H3/b19-6+. The van der Waals surface area contributed by atoms with Crippen LogP contribution in [0.15, 0.2) is 46.8 Å². The third kappa shape index (κ3) is 4.85. The van der Waals surface area contributed by atoms with Gasteiger partial charge >= 0.3 is 0 Å². The Hall–Kier alpha value is -1.40. The van der Waals surface area contributed by atoms with E-state index in [0.717, 1.165) is 64.0 Å². The van der Waals surface area contributed by atoms with Gasteiger partial charge in [0.25, 0.3) is 0 Å². The van der Waals surface area contributed by atoms with E-state index >= 15 is 0 Å². The maximum atomic E-state index is 10.6. The number of hydrogen-bond acceptors (Lipinski definition) is 5. The van der Waals surface area contributed by atoms with Crippen LogP contribution in [0.5, 0.6) is 0 Å². The van der Waals surface area contributed by atoms with Crippen LogP contribution in [0, 0.1) is 5.92 Å². The van der Waals surface area contributed by atoms with Gasteiger partial charge in [0.15, 0.2) is 0 Å². The van der Waals surface area contributed by atoms with Crippen LogP contribution in [0.2, 0.25) is 0 Å². The molecule has 1 fully saturated rings. The van der Waals surface area contributed by atoms with Gasteiger partial charge < -0.3 is 25.8 Å². The first kappa shape index (κ1) is 20.9. The zero-order chi connectivity index (χ0) is 20.4. The predicted molar refractivity (Wildman–Crippen MR) is 117 cm³/mol. The van der Waals surface area contributed by atoms with Crippen molar-refractivity contribution in [1.82, 2.24) is 10.2 Å². The fraction of sp³-hybridized carbons (Fsp3) is 0.667. The smallest absolute Gasteiger partial charge is 0.122 e. The maximum Gasteiger partial charge on any atom is 0.122 e. The molecule has 4 aliphatic rings. The molecule has 4 rings (SSSR count). The molecular weight excluding hydrogens is 362 g/mol. The first-order valence-corrected chi connectivity index (χ1v) is 11.3. The number of nitrogens with one attached hydrogen (secondary N) is 1. The lowest BCUT2D eigenvalue weighted by molar-refractivity contribution is 0.0357. The normalized spacial score (nSPS) is 30.5. The van der Waals surface area contributed by atoms with Crippen LogP contribution in [0.25, 0.3) is 0 Å². The molecule has 0 spiro atoms. The fourth-order valence-electron chi connectivity index (χ4n) is 4.90. The number of nitrogens with zero attached hydrogens (tertiary/aromatic N) is 1. The third-order valence-electron chi connectivity index (χ3n) is 6.85. The first-order chi connectivity index (χ1) is 13.9. The Morgan fingerprint density at radius 3 is 2.90 bits per heavy atom. The monoisotopic (exact) mass is 399 g/mol. The Balaban J connectivity index is 1.57. The van der Waals surface area contributed by atoms with Gasteiger partial charge in [-0.25, -0.2) is 0 Å². The number of nitrogens with two attached hydrogens (primary N) is 1. The van der Waals surface area contributed by atoms with Crippen molar-refractivity contribution in [2.24, 2.45) is 11.7 Å². The molecule has 1 saturated heterocycles. The summed E-state index contributed by atoms with van der Waals surface area (Å²) in [6.07, 6.45) is 14.1. The Labute approximate surface area is 175 Å². The quantitative estimate of drug-likeness (QED) is 0.678. The van der Waals surface area contributed by atoms with Crippen molar-refractivity contribution in [2.45, 2.75) is 63.6 Å². The number of rotatable bonds is 4. The lowest BCUT2D eigenvalue weighted by atomic mass is 9.77. The van der Waals surface area contributed by atoms with E-state index in [1.54, 1.807) is 0 Å². The molecule has 2 atom stereocenters. The minimum atomic E-state index is -0.738. The second kappa shape index (κ2) is 8.76. The van der Waals surface area contributed by atoms with Crippen molar-refractivity contribution in [3.63, 3.8) is 0 Å². The molecule has 2 unspecified atom stereocenters. The molecule has 29 heavy (non-hydrogen) atoms. The molecule has 4 N–H and O–H groups in total. The van der Waals surface area contributed by atoms with Gasteiger partial charge in [0.2, 0.25) is 0 Å². The van der Waals surface area contributed by atoms with Gasteiger partial charge in [-0.3, -0.25) is 0 Å². The summed E-state index contributed by atoms with van der Waals surface area (Å²) in [5.74, 6) is 1.09. The molecule has 0 aromatic rings. The van der Waals surface area contributed by atoms with E-state index in [1.807, 2.05) is 13.8 Å². The summed E-state index contributed by atoms with van der Waals surface area (Å²) in [6.45, 7) is 8.78. The lowest BCUT2D eigenvalue weighted by Crippen LogP contribution is -2.40. The van der Waals surface area contributed by atoms with Gasteiger partial charge in [0.05, 0.1) is 11.6 Å². The summed E-state index contributed by atoms with van der Waals surface area (Å²) >= 11 is 0. The number of fused-ring (bicyclic) bond motifs is 1. The molecule has 0 saturated carbocycles. The summed E-state index contributed by atoms with van der Waals surface area (Å²) in [5, 5.41) is 14.2. The van der Waals surface area contributed by atoms with E-state index in [9.17, 15) is 5.11 Å². The molecule has 0 radical (unpaired) electrons. The largest absolute Gasteiger partial charge is 0.491 e. The van der Waals surface area contributed by atoms with Gasteiger partial charge in [-0.15, -0.1) is 0 Å². The van der Waals surface area contributed by atoms with Crippen molar-refractivity contribution in [3.8, 4) is 0 Å². The van der Waals surface area contributed by atoms with E-state index in [-0.39, 0.29) is 12.0 Å². The second-order valence-corrected chi connectivity index (χ2v) is 9.52. The van der Waals surface area contributed by atoms with Crippen LogP contribution in [0.3, 0.4) is 0 Å². The van der Waals surface area contributed by atoms with E-state index < -0.39 is 5.60 Å². The van der Waals surface area contributed by atoms with Gasteiger partial charge in [0, 0.05) is 24.1 Å². The summed E-state index contributed by atoms with van der Waals surface area (Å²) in [5.41, 5.74) is 9.29. The van der Waals surface area contributed by atoms with E-state index in [4.69, 9.17) is 10.5 Å². The van der Waals surface area contributed by atoms with Crippen LogP contribution in [-0.2, 0) is 4.74 Å². The van der Waals surface area contributed by atoms with Crippen molar-refractivity contribution in [2.75, 3.05) is 32.8 Å². The molecule has 1 aliphatic carbocycles. The van der Waals surface area contributed by atoms with Crippen LogP contribution in [-0.4, -0.2) is 60.5 Å². The minimum absolute atomic E-state index is 0.102. The van der Waals surface area contributed by atoms with E-state index in [1.165, 1.54) is 16.7 Å². The number of piperidine rings is 1. The molecule has 0 amide bonds. The van der Waals surface area contributed by atoms with Gasteiger partial charge in [0.1, 0.15) is 12.4 Å². The second-order valence-electron chi connectivity index (χ2n) is 9.52. The maximum absolute atomic E-state index is 10.6. The van der Waals surface area contributed by atoms with Crippen LogP contribution < -0.4 is 11.1 Å². The average Bonchev–Trinajstić information content (AvgIpc) is 2.86. The highest BCUT2D eigenvalue weighted by Crippen LogP contribution is 2.40.